The van der Waals surface area contributed by atoms with E-state index in [1.165, 1.54) is 6.33 Å². The van der Waals surface area contributed by atoms with Crippen LogP contribution in [-0.4, -0.2) is 59.9 Å². The minimum atomic E-state index is -2.03. The summed E-state index contributed by atoms with van der Waals surface area (Å²) < 4.78 is 21.0. The lowest BCUT2D eigenvalue weighted by molar-refractivity contribution is 0.121. The Bertz CT molecular complexity index is 1560. The summed E-state index contributed by atoms with van der Waals surface area (Å²) >= 11 is 0. The lowest BCUT2D eigenvalue weighted by Gasteiger charge is -2.40. The maximum Gasteiger partial charge on any atom is 0.192 e. The monoisotopic (exact) mass is 617 g/mol. The first-order valence-electron chi connectivity index (χ1n) is 15.2. The number of hydrogen-bond acceptors (Lipinski definition) is 8. The molecule has 10 heteroatoms. The molecule has 0 spiro atoms. The molecule has 1 unspecified atom stereocenters. The van der Waals surface area contributed by atoms with Crippen molar-refractivity contribution in [2.24, 2.45) is 5.41 Å². The topological polar surface area (TPSA) is 87.4 Å². The summed E-state index contributed by atoms with van der Waals surface area (Å²) in [6.45, 7) is 22.5. The average Bonchev–Trinajstić information content (AvgIpc) is 3.38. The van der Waals surface area contributed by atoms with Gasteiger partial charge in [-0.1, -0.05) is 41.5 Å². The van der Waals surface area contributed by atoms with Crippen molar-refractivity contribution in [1.82, 2.24) is 24.7 Å². The second kappa shape index (κ2) is 12.8. The highest BCUT2D eigenvalue weighted by Gasteiger charge is 2.40. The maximum absolute atomic E-state index is 6.82. The lowest BCUT2D eigenvalue weighted by Crippen LogP contribution is -2.46. The van der Waals surface area contributed by atoms with Gasteiger partial charge < -0.3 is 18.8 Å². The van der Waals surface area contributed by atoms with Crippen molar-refractivity contribution in [2.75, 3.05) is 25.7 Å². The van der Waals surface area contributed by atoms with Crippen LogP contribution in [0.15, 0.2) is 49.2 Å². The predicted octanol–water partition coefficient (Wildman–Crippen LogP) is 8.27. The zero-order valence-corrected chi connectivity index (χ0v) is 29.5. The molecule has 0 fully saturated rings. The number of anilines is 2. The summed E-state index contributed by atoms with van der Waals surface area (Å²) in [5, 5.41) is 5.70. The van der Waals surface area contributed by atoms with Crippen molar-refractivity contribution in [3.63, 3.8) is 0 Å². The van der Waals surface area contributed by atoms with Crippen LogP contribution in [0, 0.1) is 11.8 Å². The second-order valence-electron chi connectivity index (χ2n) is 14.3. The highest BCUT2D eigenvalue weighted by molar-refractivity contribution is 6.74. The largest absolute Gasteiger partial charge is 0.497 e. The molecule has 0 aliphatic heterocycles. The van der Waals surface area contributed by atoms with Crippen molar-refractivity contribution in [1.29, 1.82) is 0 Å². The van der Waals surface area contributed by atoms with Crippen molar-refractivity contribution >= 4 is 30.7 Å². The third-order valence-electron chi connectivity index (χ3n) is 8.09. The van der Waals surface area contributed by atoms with E-state index < -0.39 is 8.32 Å². The van der Waals surface area contributed by atoms with Gasteiger partial charge >= 0.3 is 0 Å². The van der Waals surface area contributed by atoms with Gasteiger partial charge in [0, 0.05) is 24.7 Å². The molecule has 4 aromatic rings. The van der Waals surface area contributed by atoms with Gasteiger partial charge in [0.05, 0.1) is 54.3 Å². The highest BCUT2D eigenvalue weighted by Crippen LogP contribution is 2.40. The molecule has 1 aromatic carbocycles. The van der Waals surface area contributed by atoms with E-state index in [-0.39, 0.29) is 22.6 Å². The van der Waals surface area contributed by atoms with Crippen LogP contribution in [0.3, 0.4) is 0 Å². The normalized spacial score (nSPS) is 13.4. The SMILES string of the molecule is COc1cc(OCC([CH]C(C)(C)C)O[Si](C)(C)C(C)(C)C)cc(-c2cc(N(C)c3cncnc3)c3cnn(C(C)C)c3n2)c1. The van der Waals surface area contributed by atoms with E-state index in [4.69, 9.17) is 18.9 Å². The molecule has 0 saturated heterocycles. The molecule has 1 radical (unpaired) electrons. The molecular weight excluding hydrogens is 568 g/mol. The fourth-order valence-corrected chi connectivity index (χ4v) is 5.98. The summed E-state index contributed by atoms with van der Waals surface area (Å²) in [6, 6.07) is 8.11. The van der Waals surface area contributed by atoms with Gasteiger partial charge in [0.1, 0.15) is 24.4 Å². The summed E-state index contributed by atoms with van der Waals surface area (Å²) in [4.78, 5) is 15.6. The zero-order chi connectivity index (χ0) is 32.4. The van der Waals surface area contributed by atoms with E-state index in [9.17, 15) is 0 Å². The van der Waals surface area contributed by atoms with E-state index in [1.807, 2.05) is 36.1 Å². The molecule has 3 heterocycles. The molecule has 237 valence electrons. The van der Waals surface area contributed by atoms with Crippen molar-refractivity contribution in [2.45, 2.75) is 85.7 Å². The van der Waals surface area contributed by atoms with Gasteiger partial charge in [0.15, 0.2) is 14.0 Å². The number of benzene rings is 1. The molecule has 1 atom stereocenters. The highest BCUT2D eigenvalue weighted by atomic mass is 28.4. The van der Waals surface area contributed by atoms with Gasteiger partial charge in [-0.05, 0) is 62.0 Å². The molecule has 9 nitrogen and oxygen atoms in total. The number of methoxy groups -OCH3 is 1. The van der Waals surface area contributed by atoms with E-state index in [2.05, 4.69) is 101 Å². The van der Waals surface area contributed by atoms with Gasteiger partial charge in [0.2, 0.25) is 0 Å². The van der Waals surface area contributed by atoms with E-state index >= 15 is 0 Å². The molecule has 0 aliphatic rings. The number of hydrogen-bond donors (Lipinski definition) is 0. The Morgan fingerprint density at radius 1 is 0.955 bits per heavy atom. The van der Waals surface area contributed by atoms with Crippen LogP contribution in [0.1, 0.15) is 61.4 Å². The number of fused-ring (bicyclic) bond motifs is 1. The van der Waals surface area contributed by atoms with Crippen LogP contribution in [-0.2, 0) is 4.43 Å². The molecule has 0 amide bonds. The molecule has 3 aromatic heterocycles. The van der Waals surface area contributed by atoms with Crippen LogP contribution in [0.2, 0.25) is 18.1 Å². The lowest BCUT2D eigenvalue weighted by atomic mass is 9.89. The number of pyridine rings is 1. The van der Waals surface area contributed by atoms with Gasteiger partial charge in [-0.15, -0.1) is 0 Å². The summed E-state index contributed by atoms with van der Waals surface area (Å²) in [7, 11) is 1.63. The fraction of sp³-hybridized carbons (Fsp3) is 0.500. The summed E-state index contributed by atoms with van der Waals surface area (Å²) in [6.07, 6.45) is 9.08. The number of ether oxygens (including phenoxy) is 2. The fourth-order valence-electron chi connectivity index (χ4n) is 4.74. The Kier molecular flexibility index (Phi) is 9.75. The van der Waals surface area contributed by atoms with Crippen molar-refractivity contribution in [3.05, 3.63) is 55.6 Å². The van der Waals surface area contributed by atoms with Gasteiger partial charge in [-0.25, -0.2) is 19.6 Å². The van der Waals surface area contributed by atoms with E-state index in [1.54, 1.807) is 19.5 Å². The van der Waals surface area contributed by atoms with Crippen LogP contribution < -0.4 is 14.4 Å². The molecule has 0 N–H and O–H groups in total. The Balaban J connectivity index is 1.74. The van der Waals surface area contributed by atoms with Gasteiger partial charge in [0.25, 0.3) is 0 Å². The second-order valence-corrected chi connectivity index (χ2v) is 19.0. The molecule has 0 saturated carbocycles. The molecule has 0 aliphatic carbocycles. The molecule has 0 bridgehead atoms. The van der Waals surface area contributed by atoms with Gasteiger partial charge in [-0.3, -0.25) is 0 Å². The Morgan fingerprint density at radius 2 is 1.61 bits per heavy atom. The third kappa shape index (κ3) is 7.76. The maximum atomic E-state index is 6.82. The molecule has 4 rings (SSSR count). The minimum Gasteiger partial charge on any atom is -0.497 e. The third-order valence-corrected chi connectivity index (χ3v) is 12.6. The summed E-state index contributed by atoms with van der Waals surface area (Å²) in [5.41, 5.74) is 4.22. The molecule has 44 heavy (non-hydrogen) atoms. The Hall–Kier alpha value is -3.50. The van der Waals surface area contributed by atoms with Gasteiger partial charge in [-0.2, -0.15) is 5.10 Å². The van der Waals surface area contributed by atoms with E-state index in [0.29, 0.717) is 18.1 Å². The van der Waals surface area contributed by atoms with Crippen LogP contribution in [0.25, 0.3) is 22.3 Å². The van der Waals surface area contributed by atoms with Crippen LogP contribution in [0.5, 0.6) is 11.5 Å². The molecular formula is C34H49N6O3Si. The first kappa shape index (κ1) is 33.4. The number of rotatable bonds is 11. The van der Waals surface area contributed by atoms with Crippen LogP contribution >= 0.6 is 0 Å². The minimum absolute atomic E-state index is 0.0269. The van der Waals surface area contributed by atoms with E-state index in [0.717, 1.165) is 33.7 Å². The van der Waals surface area contributed by atoms with Crippen molar-refractivity contribution in [3.8, 4) is 22.8 Å². The smallest absolute Gasteiger partial charge is 0.192 e. The number of aromatic nitrogens is 5. The first-order valence-corrected chi connectivity index (χ1v) is 18.1. The number of nitrogens with zero attached hydrogens (tertiary/aromatic N) is 6. The predicted molar refractivity (Wildman–Crippen MR) is 181 cm³/mol. The quantitative estimate of drug-likeness (QED) is 0.155. The summed E-state index contributed by atoms with van der Waals surface area (Å²) in [5.74, 6) is 1.38. The standard InChI is InChI=1S/C34H49N6O3Si/c1-23(2)40-32-29(20-37-40)31(39(9)25-18-35-22-36-19-25)16-30(38-32)24-13-26(41-10)15-27(14-24)42-21-28(17-33(3,4)5)43-44(11,12)34(6,7)8/h13-20,22-23,28H,21H2,1-12H3. The average molecular weight is 618 g/mol. The first-order chi connectivity index (χ1) is 20.5. The van der Waals surface area contributed by atoms with Crippen LogP contribution in [0.4, 0.5) is 11.4 Å². The Labute approximate surface area is 264 Å². The van der Waals surface area contributed by atoms with Crippen molar-refractivity contribution < 1.29 is 13.9 Å². The zero-order valence-electron chi connectivity index (χ0n) is 28.5. The Morgan fingerprint density at radius 3 is 2.20 bits per heavy atom.